The summed E-state index contributed by atoms with van der Waals surface area (Å²) in [6.45, 7) is 4.59. The lowest BCUT2D eigenvalue weighted by molar-refractivity contribution is 0.0998. The molecule has 1 aromatic heterocycles. The average molecular weight is 326 g/mol. The Kier molecular flexibility index (Phi) is 4.30. The summed E-state index contributed by atoms with van der Waals surface area (Å²) in [4.78, 5) is 17.3. The average Bonchev–Trinajstić information content (AvgIpc) is 2.83. The Balaban J connectivity index is 1.97. The molecule has 0 fully saturated rings. The fraction of sp³-hybridized carbons (Fsp3) is 0.222. The third-order valence-corrected chi connectivity index (χ3v) is 4.67. The number of amides is 1. The van der Waals surface area contributed by atoms with Crippen LogP contribution in [0.4, 0.5) is 0 Å². The van der Waals surface area contributed by atoms with Gasteiger partial charge in [0.2, 0.25) is 0 Å². The number of rotatable bonds is 3. The number of ether oxygens (including phenoxy) is 1. The number of thiazole rings is 1. The molecule has 3 rings (SSSR count). The van der Waals surface area contributed by atoms with E-state index in [2.05, 4.69) is 30.1 Å². The molecule has 0 spiro atoms. The molecule has 0 atom stereocenters. The standard InChI is InChI=1S/C18H18N2O2S/c1-4-22-14-8-6-13(7-9-14)17(21)19-18-20(3)15-10-5-12(2)11-16(15)23-18/h5-11H,4H2,1-3H3. The van der Waals surface area contributed by atoms with E-state index in [4.69, 9.17) is 4.74 Å². The molecule has 0 N–H and O–H groups in total. The third kappa shape index (κ3) is 3.19. The van der Waals surface area contributed by atoms with E-state index in [1.165, 1.54) is 16.9 Å². The zero-order valence-electron chi connectivity index (χ0n) is 13.4. The SMILES string of the molecule is CCOc1ccc(C(=O)N=c2sc3cc(C)ccc3n2C)cc1. The summed E-state index contributed by atoms with van der Waals surface area (Å²) in [5, 5.41) is 0. The molecule has 0 aliphatic heterocycles. The van der Waals surface area contributed by atoms with Crippen molar-refractivity contribution in [2.45, 2.75) is 13.8 Å². The van der Waals surface area contributed by atoms with Crippen molar-refractivity contribution in [2.75, 3.05) is 6.61 Å². The molecule has 0 saturated carbocycles. The molecular formula is C18H18N2O2S. The minimum absolute atomic E-state index is 0.244. The van der Waals surface area contributed by atoms with Gasteiger partial charge in [0.25, 0.3) is 5.91 Å². The fourth-order valence-corrected chi connectivity index (χ4v) is 3.47. The highest BCUT2D eigenvalue weighted by Gasteiger charge is 2.07. The smallest absolute Gasteiger partial charge is 0.279 e. The highest BCUT2D eigenvalue weighted by molar-refractivity contribution is 7.16. The zero-order chi connectivity index (χ0) is 16.4. The van der Waals surface area contributed by atoms with E-state index < -0.39 is 0 Å². The van der Waals surface area contributed by atoms with Crippen molar-refractivity contribution in [2.24, 2.45) is 12.0 Å². The van der Waals surface area contributed by atoms with E-state index in [0.29, 0.717) is 17.0 Å². The van der Waals surface area contributed by atoms with Gasteiger partial charge in [0, 0.05) is 12.6 Å². The molecule has 0 radical (unpaired) electrons. The van der Waals surface area contributed by atoms with Crippen LogP contribution in [0.2, 0.25) is 0 Å². The van der Waals surface area contributed by atoms with Crippen LogP contribution in [0.1, 0.15) is 22.8 Å². The Labute approximate surface area is 138 Å². The predicted molar refractivity (Wildman–Crippen MR) is 93.0 cm³/mol. The normalized spacial score (nSPS) is 11.9. The van der Waals surface area contributed by atoms with Crippen LogP contribution in [-0.2, 0) is 7.05 Å². The number of aromatic nitrogens is 1. The van der Waals surface area contributed by atoms with Gasteiger partial charge in [0.15, 0.2) is 4.80 Å². The Morgan fingerprint density at radius 2 is 1.96 bits per heavy atom. The molecule has 0 aliphatic carbocycles. The Morgan fingerprint density at radius 1 is 1.22 bits per heavy atom. The maximum Gasteiger partial charge on any atom is 0.279 e. The van der Waals surface area contributed by atoms with Gasteiger partial charge in [-0.3, -0.25) is 4.79 Å². The topological polar surface area (TPSA) is 43.6 Å². The minimum Gasteiger partial charge on any atom is -0.494 e. The number of carbonyl (C=O) groups excluding carboxylic acids is 1. The molecule has 0 saturated heterocycles. The summed E-state index contributed by atoms with van der Waals surface area (Å²) in [6.07, 6.45) is 0. The number of aryl methyl sites for hydroxylation is 2. The van der Waals surface area contributed by atoms with Gasteiger partial charge in [-0.25, -0.2) is 0 Å². The number of hydrogen-bond donors (Lipinski definition) is 0. The summed E-state index contributed by atoms with van der Waals surface area (Å²) in [5.74, 6) is 0.513. The molecule has 3 aromatic rings. The molecule has 5 heteroatoms. The number of benzene rings is 2. The van der Waals surface area contributed by atoms with E-state index in [9.17, 15) is 4.79 Å². The summed E-state index contributed by atoms with van der Waals surface area (Å²) in [5.41, 5.74) is 2.84. The van der Waals surface area contributed by atoms with Crippen LogP contribution >= 0.6 is 11.3 Å². The first-order chi connectivity index (χ1) is 11.1. The Hall–Kier alpha value is -2.40. The van der Waals surface area contributed by atoms with Crippen LogP contribution < -0.4 is 9.54 Å². The molecule has 1 heterocycles. The second kappa shape index (κ2) is 6.38. The van der Waals surface area contributed by atoms with Crippen molar-refractivity contribution in [3.63, 3.8) is 0 Å². The highest BCUT2D eigenvalue weighted by Crippen LogP contribution is 2.18. The van der Waals surface area contributed by atoms with Gasteiger partial charge in [0.05, 0.1) is 16.8 Å². The van der Waals surface area contributed by atoms with Crippen molar-refractivity contribution < 1.29 is 9.53 Å². The molecule has 2 aromatic carbocycles. The van der Waals surface area contributed by atoms with E-state index >= 15 is 0 Å². The second-order valence-corrected chi connectivity index (χ2v) is 6.30. The van der Waals surface area contributed by atoms with Crippen molar-refractivity contribution in [3.8, 4) is 5.75 Å². The monoisotopic (exact) mass is 326 g/mol. The molecule has 0 bridgehead atoms. The third-order valence-electron chi connectivity index (χ3n) is 3.57. The molecular weight excluding hydrogens is 308 g/mol. The fourth-order valence-electron chi connectivity index (χ4n) is 2.36. The molecule has 0 aliphatic rings. The van der Waals surface area contributed by atoms with E-state index in [1.54, 1.807) is 24.3 Å². The van der Waals surface area contributed by atoms with Crippen LogP contribution in [0.15, 0.2) is 47.5 Å². The second-order valence-electron chi connectivity index (χ2n) is 5.29. The lowest BCUT2D eigenvalue weighted by atomic mass is 10.2. The molecule has 23 heavy (non-hydrogen) atoms. The maximum absolute atomic E-state index is 12.4. The van der Waals surface area contributed by atoms with Crippen LogP contribution in [0.25, 0.3) is 10.2 Å². The molecule has 1 amide bonds. The van der Waals surface area contributed by atoms with Crippen LogP contribution in [0.5, 0.6) is 5.75 Å². The van der Waals surface area contributed by atoms with Gasteiger partial charge in [-0.1, -0.05) is 17.4 Å². The molecule has 0 unspecified atom stereocenters. The molecule has 118 valence electrons. The largest absolute Gasteiger partial charge is 0.494 e. The van der Waals surface area contributed by atoms with E-state index in [1.807, 2.05) is 18.5 Å². The van der Waals surface area contributed by atoms with Crippen molar-refractivity contribution in [3.05, 3.63) is 58.4 Å². The number of hydrogen-bond acceptors (Lipinski definition) is 3. The lowest BCUT2D eigenvalue weighted by Crippen LogP contribution is -2.13. The number of nitrogens with zero attached hydrogens (tertiary/aromatic N) is 2. The highest BCUT2D eigenvalue weighted by atomic mass is 32.1. The minimum atomic E-state index is -0.244. The first kappa shape index (κ1) is 15.5. The number of fused-ring (bicyclic) bond motifs is 1. The first-order valence-corrected chi connectivity index (χ1v) is 8.28. The zero-order valence-corrected chi connectivity index (χ0v) is 14.2. The summed E-state index contributed by atoms with van der Waals surface area (Å²) < 4.78 is 8.47. The Morgan fingerprint density at radius 3 is 2.65 bits per heavy atom. The van der Waals surface area contributed by atoms with Gasteiger partial charge in [-0.2, -0.15) is 4.99 Å². The van der Waals surface area contributed by atoms with E-state index in [-0.39, 0.29) is 5.91 Å². The summed E-state index contributed by atoms with van der Waals surface area (Å²) >= 11 is 1.52. The van der Waals surface area contributed by atoms with Gasteiger partial charge in [0.1, 0.15) is 5.75 Å². The Bertz CT molecular complexity index is 920. The van der Waals surface area contributed by atoms with Crippen molar-refractivity contribution in [1.82, 2.24) is 4.57 Å². The van der Waals surface area contributed by atoms with Crippen LogP contribution in [0.3, 0.4) is 0 Å². The van der Waals surface area contributed by atoms with Crippen LogP contribution in [-0.4, -0.2) is 17.1 Å². The van der Waals surface area contributed by atoms with Gasteiger partial charge in [-0.15, -0.1) is 0 Å². The quantitative estimate of drug-likeness (QED) is 0.737. The number of carbonyl (C=O) groups is 1. The van der Waals surface area contributed by atoms with E-state index in [0.717, 1.165) is 16.0 Å². The van der Waals surface area contributed by atoms with Gasteiger partial charge in [-0.05, 0) is 55.8 Å². The predicted octanol–water partition coefficient (Wildman–Crippen LogP) is 3.69. The van der Waals surface area contributed by atoms with Gasteiger partial charge >= 0.3 is 0 Å². The maximum atomic E-state index is 12.4. The summed E-state index contributed by atoms with van der Waals surface area (Å²) in [7, 11) is 1.93. The van der Waals surface area contributed by atoms with Gasteiger partial charge < -0.3 is 9.30 Å². The summed E-state index contributed by atoms with van der Waals surface area (Å²) in [6, 6.07) is 13.3. The van der Waals surface area contributed by atoms with Crippen molar-refractivity contribution >= 4 is 27.5 Å². The first-order valence-electron chi connectivity index (χ1n) is 7.46. The molecule has 4 nitrogen and oxygen atoms in total. The lowest BCUT2D eigenvalue weighted by Gasteiger charge is -2.02. The van der Waals surface area contributed by atoms with Crippen molar-refractivity contribution in [1.29, 1.82) is 0 Å². The van der Waals surface area contributed by atoms with Crippen LogP contribution in [0, 0.1) is 6.92 Å².